The zero-order valence-electron chi connectivity index (χ0n) is 13.2. The Hall–Kier alpha value is -1.75. The van der Waals surface area contributed by atoms with Crippen LogP contribution in [-0.4, -0.2) is 42.0 Å². The molecule has 1 heterocycles. The maximum absolute atomic E-state index is 12.4. The van der Waals surface area contributed by atoms with Crippen LogP contribution in [0.2, 0.25) is 10.0 Å². The van der Waals surface area contributed by atoms with Crippen LogP contribution in [0.25, 0.3) is 0 Å². The quantitative estimate of drug-likeness (QED) is 0.879. The number of benzene rings is 2. The molecule has 1 saturated heterocycles. The van der Waals surface area contributed by atoms with Gasteiger partial charge in [0.1, 0.15) is 0 Å². The molecule has 0 bridgehead atoms. The van der Waals surface area contributed by atoms with Crippen LogP contribution in [0.1, 0.15) is 5.56 Å². The number of anilines is 1. The number of nitrogens with zero attached hydrogens (tertiary/aromatic N) is 2. The fourth-order valence-electron chi connectivity index (χ4n) is 2.74. The highest BCUT2D eigenvalue weighted by molar-refractivity contribution is 6.36. The first-order valence-electron chi connectivity index (χ1n) is 7.89. The Morgan fingerprint density at radius 1 is 1.00 bits per heavy atom. The summed E-state index contributed by atoms with van der Waals surface area (Å²) in [6.45, 7) is 4.03. The zero-order valence-corrected chi connectivity index (χ0v) is 14.7. The Labute approximate surface area is 152 Å². The van der Waals surface area contributed by atoms with Crippen LogP contribution in [0.3, 0.4) is 0 Å². The highest BCUT2D eigenvalue weighted by Crippen LogP contribution is 2.25. The minimum absolute atomic E-state index is 0.126. The Morgan fingerprint density at radius 2 is 1.71 bits per heavy atom. The number of carbonyl (C=O) groups excluding carboxylic acids is 1. The molecule has 1 N–H and O–H groups in total. The second-order valence-electron chi connectivity index (χ2n) is 5.80. The predicted molar refractivity (Wildman–Crippen MR) is 98.8 cm³/mol. The van der Waals surface area contributed by atoms with Gasteiger partial charge in [-0.3, -0.25) is 4.90 Å². The monoisotopic (exact) mass is 363 g/mol. The average molecular weight is 364 g/mol. The minimum atomic E-state index is -0.126. The van der Waals surface area contributed by atoms with Gasteiger partial charge in [0.05, 0.1) is 10.7 Å². The lowest BCUT2D eigenvalue weighted by Gasteiger charge is -2.34. The Kier molecular flexibility index (Phi) is 5.61. The molecule has 0 atom stereocenters. The second kappa shape index (κ2) is 7.88. The first kappa shape index (κ1) is 17.1. The van der Waals surface area contributed by atoms with E-state index in [9.17, 15) is 4.79 Å². The smallest absolute Gasteiger partial charge is 0.321 e. The summed E-state index contributed by atoms with van der Waals surface area (Å²) in [5, 5.41) is 3.84. The van der Waals surface area contributed by atoms with Crippen LogP contribution in [0.5, 0.6) is 0 Å². The molecule has 0 aliphatic carbocycles. The van der Waals surface area contributed by atoms with Crippen molar-refractivity contribution in [2.75, 3.05) is 31.5 Å². The molecular weight excluding hydrogens is 345 g/mol. The molecule has 2 aromatic rings. The number of nitrogens with one attached hydrogen (secondary N) is 1. The number of carbonyl (C=O) groups is 1. The van der Waals surface area contributed by atoms with Gasteiger partial charge in [-0.1, -0.05) is 53.5 Å². The Morgan fingerprint density at radius 3 is 2.38 bits per heavy atom. The van der Waals surface area contributed by atoms with Crippen LogP contribution < -0.4 is 5.32 Å². The lowest BCUT2D eigenvalue weighted by molar-refractivity contribution is 0.143. The maximum Gasteiger partial charge on any atom is 0.321 e. The van der Waals surface area contributed by atoms with Crippen molar-refractivity contribution < 1.29 is 4.79 Å². The molecule has 1 aliphatic rings. The van der Waals surface area contributed by atoms with Gasteiger partial charge in [0.15, 0.2) is 0 Å². The van der Waals surface area contributed by atoms with Gasteiger partial charge in [-0.05, 0) is 23.8 Å². The molecule has 1 fully saturated rings. The summed E-state index contributed by atoms with van der Waals surface area (Å²) < 4.78 is 0. The lowest BCUT2D eigenvalue weighted by atomic mass is 10.2. The van der Waals surface area contributed by atoms with E-state index in [0.717, 1.165) is 19.6 Å². The largest absolute Gasteiger partial charge is 0.322 e. The van der Waals surface area contributed by atoms with Crippen LogP contribution in [-0.2, 0) is 6.54 Å². The van der Waals surface area contributed by atoms with E-state index in [2.05, 4.69) is 34.5 Å². The minimum Gasteiger partial charge on any atom is -0.322 e. The number of piperazine rings is 1. The van der Waals surface area contributed by atoms with Crippen LogP contribution in [0.15, 0.2) is 48.5 Å². The van der Waals surface area contributed by atoms with Gasteiger partial charge in [0.25, 0.3) is 0 Å². The molecule has 0 aromatic heterocycles. The highest BCUT2D eigenvalue weighted by Gasteiger charge is 2.21. The first-order chi connectivity index (χ1) is 11.6. The van der Waals surface area contributed by atoms with Crippen molar-refractivity contribution in [2.24, 2.45) is 0 Å². The van der Waals surface area contributed by atoms with Gasteiger partial charge < -0.3 is 10.2 Å². The van der Waals surface area contributed by atoms with Gasteiger partial charge in [-0.25, -0.2) is 4.79 Å². The number of hydrogen-bond acceptors (Lipinski definition) is 2. The van der Waals surface area contributed by atoms with Crippen molar-refractivity contribution >= 4 is 34.9 Å². The summed E-state index contributed by atoms with van der Waals surface area (Å²) in [6, 6.07) is 15.3. The van der Waals surface area contributed by atoms with E-state index in [0.29, 0.717) is 28.8 Å². The van der Waals surface area contributed by atoms with E-state index in [4.69, 9.17) is 23.2 Å². The van der Waals surface area contributed by atoms with E-state index in [1.165, 1.54) is 5.56 Å². The van der Waals surface area contributed by atoms with E-state index in [1.807, 2.05) is 11.0 Å². The van der Waals surface area contributed by atoms with E-state index in [-0.39, 0.29) is 6.03 Å². The summed E-state index contributed by atoms with van der Waals surface area (Å²) >= 11 is 12.0. The number of hydrogen-bond donors (Lipinski definition) is 1. The van der Waals surface area contributed by atoms with Crippen molar-refractivity contribution in [3.8, 4) is 0 Å². The third-order valence-corrected chi connectivity index (χ3v) is 4.63. The summed E-state index contributed by atoms with van der Waals surface area (Å²) in [5.74, 6) is 0. The number of halogens is 2. The van der Waals surface area contributed by atoms with Crippen molar-refractivity contribution in [1.82, 2.24) is 9.80 Å². The van der Waals surface area contributed by atoms with Gasteiger partial charge in [-0.2, -0.15) is 0 Å². The highest BCUT2D eigenvalue weighted by atomic mass is 35.5. The molecule has 6 heteroatoms. The van der Waals surface area contributed by atoms with E-state index >= 15 is 0 Å². The van der Waals surface area contributed by atoms with Crippen molar-refractivity contribution in [3.63, 3.8) is 0 Å². The van der Waals surface area contributed by atoms with Crippen molar-refractivity contribution in [2.45, 2.75) is 6.54 Å². The molecule has 3 rings (SSSR count). The average Bonchev–Trinajstić information content (AvgIpc) is 2.59. The molecule has 2 amide bonds. The predicted octanol–water partition coefficient (Wildman–Crippen LogP) is 4.34. The van der Waals surface area contributed by atoms with Crippen LogP contribution >= 0.6 is 23.2 Å². The van der Waals surface area contributed by atoms with Crippen LogP contribution in [0.4, 0.5) is 10.5 Å². The van der Waals surface area contributed by atoms with Crippen molar-refractivity contribution in [3.05, 3.63) is 64.1 Å². The van der Waals surface area contributed by atoms with Crippen LogP contribution in [0, 0.1) is 0 Å². The summed E-state index contributed by atoms with van der Waals surface area (Å²) in [4.78, 5) is 16.5. The number of amides is 2. The molecule has 24 heavy (non-hydrogen) atoms. The normalized spacial score (nSPS) is 15.3. The van der Waals surface area contributed by atoms with Gasteiger partial charge in [0.2, 0.25) is 0 Å². The topological polar surface area (TPSA) is 35.6 Å². The molecule has 0 unspecified atom stereocenters. The molecule has 4 nitrogen and oxygen atoms in total. The molecule has 0 radical (unpaired) electrons. The molecule has 1 aliphatic heterocycles. The van der Waals surface area contributed by atoms with E-state index < -0.39 is 0 Å². The third kappa shape index (κ3) is 4.41. The molecule has 0 saturated carbocycles. The zero-order chi connectivity index (χ0) is 16.9. The third-order valence-electron chi connectivity index (χ3n) is 4.08. The van der Waals surface area contributed by atoms with Crippen molar-refractivity contribution in [1.29, 1.82) is 0 Å². The van der Waals surface area contributed by atoms with E-state index in [1.54, 1.807) is 18.2 Å². The summed E-state index contributed by atoms with van der Waals surface area (Å²) in [7, 11) is 0. The summed E-state index contributed by atoms with van der Waals surface area (Å²) in [6.07, 6.45) is 0. The summed E-state index contributed by atoms with van der Waals surface area (Å²) in [5.41, 5.74) is 1.88. The molecular formula is C18H19Cl2N3O. The molecule has 0 spiro atoms. The number of rotatable bonds is 3. The number of urea groups is 1. The van der Waals surface area contributed by atoms with Gasteiger partial charge >= 0.3 is 6.03 Å². The maximum atomic E-state index is 12.4. The molecule has 126 valence electrons. The Balaban J connectivity index is 1.51. The first-order valence-corrected chi connectivity index (χ1v) is 8.65. The second-order valence-corrected chi connectivity index (χ2v) is 6.65. The standard InChI is InChI=1S/C18H19Cl2N3O/c19-15-6-7-17(16(20)12-15)21-18(24)23-10-8-22(9-11-23)13-14-4-2-1-3-5-14/h1-7,12H,8-11,13H2,(H,21,24). The van der Waals surface area contributed by atoms with Gasteiger partial charge in [0, 0.05) is 37.7 Å². The molecule has 2 aromatic carbocycles. The fourth-order valence-corrected chi connectivity index (χ4v) is 3.19. The Bertz CT molecular complexity index is 701. The lowest BCUT2D eigenvalue weighted by Crippen LogP contribution is -2.49. The SMILES string of the molecule is O=C(Nc1ccc(Cl)cc1Cl)N1CCN(Cc2ccccc2)CC1. The fraction of sp³-hybridized carbons (Fsp3) is 0.278. The van der Waals surface area contributed by atoms with Gasteiger partial charge in [-0.15, -0.1) is 0 Å².